The highest BCUT2D eigenvalue weighted by Gasteiger charge is 2.42. The van der Waals surface area contributed by atoms with Crippen LogP contribution in [0.1, 0.15) is 30.0 Å². The Labute approximate surface area is 155 Å². The van der Waals surface area contributed by atoms with Gasteiger partial charge < -0.3 is 19.3 Å². The zero-order chi connectivity index (χ0) is 18.7. The Kier molecular flexibility index (Phi) is 5.94. The quantitative estimate of drug-likeness (QED) is 0.821. The van der Waals surface area contributed by atoms with Crippen molar-refractivity contribution in [2.45, 2.75) is 31.9 Å². The van der Waals surface area contributed by atoms with E-state index in [4.69, 9.17) is 9.47 Å². The van der Waals surface area contributed by atoms with Crippen molar-refractivity contribution in [3.05, 3.63) is 35.4 Å². The number of likely N-dealkylation sites (tertiary alicyclic amines) is 1. The van der Waals surface area contributed by atoms with Crippen LogP contribution in [-0.4, -0.2) is 68.2 Å². The number of piperidine rings is 1. The monoisotopic (exact) mass is 360 g/mol. The van der Waals surface area contributed by atoms with Crippen molar-refractivity contribution in [3.63, 3.8) is 0 Å². The Bertz CT molecular complexity index is 655. The van der Waals surface area contributed by atoms with Crippen LogP contribution in [0.4, 0.5) is 0 Å². The molecule has 1 aromatic rings. The molecular formula is C20H28N2O4. The van der Waals surface area contributed by atoms with Gasteiger partial charge in [-0.05, 0) is 36.8 Å². The molecule has 0 aromatic heterocycles. The number of nitrogens with zero attached hydrogens (tertiary/aromatic N) is 2. The molecule has 0 N–H and O–H groups in total. The summed E-state index contributed by atoms with van der Waals surface area (Å²) in [6.07, 6.45) is 1.23. The maximum atomic E-state index is 13.2. The van der Waals surface area contributed by atoms with E-state index in [-0.39, 0.29) is 24.5 Å². The van der Waals surface area contributed by atoms with E-state index in [1.165, 1.54) is 0 Å². The molecule has 0 radical (unpaired) electrons. The van der Waals surface area contributed by atoms with E-state index in [2.05, 4.69) is 0 Å². The Morgan fingerprint density at radius 2 is 1.96 bits per heavy atom. The highest BCUT2D eigenvalue weighted by atomic mass is 16.5. The van der Waals surface area contributed by atoms with Gasteiger partial charge in [-0.1, -0.05) is 24.3 Å². The zero-order valence-electron chi connectivity index (χ0n) is 15.8. The highest BCUT2D eigenvalue weighted by molar-refractivity contribution is 5.86. The first-order valence-electron chi connectivity index (χ1n) is 9.23. The van der Waals surface area contributed by atoms with Crippen molar-refractivity contribution >= 4 is 11.8 Å². The molecule has 0 spiro atoms. The molecule has 2 amide bonds. The van der Waals surface area contributed by atoms with Crippen molar-refractivity contribution in [2.75, 3.05) is 40.5 Å². The lowest BCUT2D eigenvalue weighted by Crippen LogP contribution is -2.55. The summed E-state index contributed by atoms with van der Waals surface area (Å²) in [6, 6.07) is 7.49. The van der Waals surface area contributed by atoms with Gasteiger partial charge in [0.15, 0.2) is 6.10 Å². The normalized spacial score (nSPS) is 24.8. The Morgan fingerprint density at radius 1 is 1.27 bits per heavy atom. The van der Waals surface area contributed by atoms with Crippen molar-refractivity contribution in [1.82, 2.24) is 9.80 Å². The second-order valence-electron chi connectivity index (χ2n) is 7.26. The van der Waals surface area contributed by atoms with Gasteiger partial charge in [-0.2, -0.15) is 0 Å². The Balaban J connectivity index is 1.79. The number of hydrogen-bond acceptors (Lipinski definition) is 4. The zero-order valence-corrected chi connectivity index (χ0v) is 15.8. The summed E-state index contributed by atoms with van der Waals surface area (Å²) >= 11 is 0. The predicted octanol–water partition coefficient (Wildman–Crippen LogP) is 1.78. The van der Waals surface area contributed by atoms with Crippen LogP contribution in [0.2, 0.25) is 0 Å². The molecule has 0 aliphatic carbocycles. The standard InChI is InChI=1S/C20H28N2O4/c1-14-6-4-5-7-16(14)18-19(26-13-17(23)21(18)2)20(24)22-10-8-15(9-11-22)12-25-3/h4-7,15,18-19H,8-13H2,1-3H3. The Hall–Kier alpha value is -1.92. The van der Waals surface area contributed by atoms with Crippen LogP contribution in [0, 0.1) is 12.8 Å². The van der Waals surface area contributed by atoms with Gasteiger partial charge in [-0.3, -0.25) is 9.59 Å². The first-order chi connectivity index (χ1) is 12.5. The third kappa shape index (κ3) is 3.76. The SMILES string of the molecule is COCC1CCN(C(=O)C2OCC(=O)N(C)C2c2ccccc2C)CC1. The maximum absolute atomic E-state index is 13.2. The number of methoxy groups -OCH3 is 1. The molecule has 6 heteroatoms. The molecule has 0 bridgehead atoms. The number of carbonyl (C=O) groups excluding carboxylic acids is 2. The molecule has 2 fully saturated rings. The van der Waals surface area contributed by atoms with Crippen molar-refractivity contribution in [3.8, 4) is 0 Å². The van der Waals surface area contributed by atoms with Crippen LogP contribution in [-0.2, 0) is 19.1 Å². The fourth-order valence-electron chi connectivity index (χ4n) is 3.94. The molecule has 2 aliphatic rings. The van der Waals surface area contributed by atoms with E-state index in [9.17, 15) is 9.59 Å². The van der Waals surface area contributed by atoms with Gasteiger partial charge in [0.05, 0.1) is 6.04 Å². The molecule has 26 heavy (non-hydrogen) atoms. The minimum atomic E-state index is -0.655. The van der Waals surface area contributed by atoms with Gasteiger partial charge in [0.25, 0.3) is 5.91 Å². The van der Waals surface area contributed by atoms with Crippen LogP contribution < -0.4 is 0 Å². The third-order valence-corrected chi connectivity index (χ3v) is 5.56. The molecule has 6 nitrogen and oxygen atoms in total. The number of morpholine rings is 1. The van der Waals surface area contributed by atoms with Crippen molar-refractivity contribution < 1.29 is 19.1 Å². The van der Waals surface area contributed by atoms with E-state index in [0.717, 1.165) is 30.6 Å². The minimum absolute atomic E-state index is 0.0199. The van der Waals surface area contributed by atoms with Crippen LogP contribution in [0.3, 0.4) is 0 Å². The molecule has 3 rings (SSSR count). The summed E-state index contributed by atoms with van der Waals surface area (Å²) in [4.78, 5) is 28.9. The van der Waals surface area contributed by atoms with Crippen LogP contribution in [0.15, 0.2) is 24.3 Å². The fraction of sp³-hybridized carbons (Fsp3) is 0.600. The number of carbonyl (C=O) groups is 2. The lowest BCUT2D eigenvalue weighted by atomic mass is 9.92. The maximum Gasteiger partial charge on any atom is 0.254 e. The summed E-state index contributed by atoms with van der Waals surface area (Å²) in [7, 11) is 3.47. The van der Waals surface area contributed by atoms with Crippen molar-refractivity contribution in [2.24, 2.45) is 5.92 Å². The number of hydrogen-bond donors (Lipinski definition) is 0. The lowest BCUT2D eigenvalue weighted by Gasteiger charge is -2.42. The van der Waals surface area contributed by atoms with E-state index in [1.54, 1.807) is 19.1 Å². The summed E-state index contributed by atoms with van der Waals surface area (Å²) in [5, 5.41) is 0. The van der Waals surface area contributed by atoms with Gasteiger partial charge in [-0.15, -0.1) is 0 Å². The van der Waals surface area contributed by atoms with Gasteiger partial charge in [-0.25, -0.2) is 0 Å². The summed E-state index contributed by atoms with van der Waals surface area (Å²) in [6.45, 7) is 4.12. The van der Waals surface area contributed by atoms with Gasteiger partial charge in [0.1, 0.15) is 6.61 Å². The van der Waals surface area contributed by atoms with Crippen LogP contribution in [0.25, 0.3) is 0 Å². The average Bonchev–Trinajstić information content (AvgIpc) is 2.65. The number of aryl methyl sites for hydroxylation is 1. The van der Waals surface area contributed by atoms with Gasteiger partial charge in [0.2, 0.25) is 5.91 Å². The number of rotatable bonds is 4. The Morgan fingerprint density at radius 3 is 2.62 bits per heavy atom. The topological polar surface area (TPSA) is 59.1 Å². The average molecular weight is 360 g/mol. The summed E-state index contributed by atoms with van der Waals surface area (Å²) in [5.41, 5.74) is 2.02. The number of likely N-dealkylation sites (N-methyl/N-ethyl adjacent to an activating group) is 1. The molecule has 1 aromatic carbocycles. The molecule has 2 heterocycles. The largest absolute Gasteiger partial charge is 0.384 e. The third-order valence-electron chi connectivity index (χ3n) is 5.56. The number of amides is 2. The van der Waals surface area contributed by atoms with Crippen LogP contribution >= 0.6 is 0 Å². The summed E-state index contributed by atoms with van der Waals surface area (Å²) < 4.78 is 11.0. The van der Waals surface area contributed by atoms with E-state index < -0.39 is 6.10 Å². The number of ether oxygens (including phenoxy) is 2. The van der Waals surface area contributed by atoms with Crippen molar-refractivity contribution in [1.29, 1.82) is 0 Å². The molecule has 0 saturated carbocycles. The molecule has 2 unspecified atom stereocenters. The van der Waals surface area contributed by atoms with E-state index >= 15 is 0 Å². The fourth-order valence-corrected chi connectivity index (χ4v) is 3.94. The van der Waals surface area contributed by atoms with Gasteiger partial charge in [0, 0.05) is 33.9 Å². The van der Waals surface area contributed by atoms with E-state index in [1.807, 2.05) is 36.1 Å². The predicted molar refractivity (Wildman–Crippen MR) is 97.6 cm³/mol. The first kappa shape index (κ1) is 18.9. The molecular weight excluding hydrogens is 332 g/mol. The molecule has 2 aliphatic heterocycles. The van der Waals surface area contributed by atoms with Crippen LogP contribution in [0.5, 0.6) is 0 Å². The van der Waals surface area contributed by atoms with Gasteiger partial charge >= 0.3 is 0 Å². The molecule has 2 atom stereocenters. The lowest BCUT2D eigenvalue weighted by molar-refractivity contribution is -0.168. The first-order valence-corrected chi connectivity index (χ1v) is 9.23. The summed E-state index contributed by atoms with van der Waals surface area (Å²) in [5.74, 6) is 0.391. The smallest absolute Gasteiger partial charge is 0.254 e. The minimum Gasteiger partial charge on any atom is -0.384 e. The second kappa shape index (κ2) is 8.18. The van der Waals surface area contributed by atoms with E-state index in [0.29, 0.717) is 19.0 Å². The highest BCUT2D eigenvalue weighted by Crippen LogP contribution is 2.32. The molecule has 142 valence electrons. The second-order valence-corrected chi connectivity index (χ2v) is 7.26. The molecule has 2 saturated heterocycles. The number of benzene rings is 1.